The van der Waals surface area contributed by atoms with Crippen molar-refractivity contribution in [1.29, 1.82) is 0 Å². The van der Waals surface area contributed by atoms with Crippen LogP contribution in [0.2, 0.25) is 0 Å². The van der Waals surface area contributed by atoms with Gasteiger partial charge in [0.05, 0.1) is 7.11 Å². The summed E-state index contributed by atoms with van der Waals surface area (Å²) in [7, 11) is 1.48. The molecule has 0 aliphatic rings. The fourth-order valence-electron chi connectivity index (χ4n) is 2.19. The van der Waals surface area contributed by atoms with Crippen molar-refractivity contribution in [2.75, 3.05) is 13.7 Å². The Kier molecular flexibility index (Phi) is 5.28. The minimum atomic E-state index is -0.420. The van der Waals surface area contributed by atoms with Crippen LogP contribution in [0.3, 0.4) is 0 Å². The molecule has 0 saturated heterocycles. The number of nitrogens with one attached hydrogen (secondary N) is 1. The van der Waals surface area contributed by atoms with Gasteiger partial charge >= 0.3 is 0 Å². The van der Waals surface area contributed by atoms with Crippen LogP contribution in [0.25, 0.3) is 11.1 Å². The Labute approximate surface area is 123 Å². The highest BCUT2D eigenvalue weighted by Gasteiger charge is 2.12. The summed E-state index contributed by atoms with van der Waals surface area (Å²) in [5.41, 5.74) is 1.82. The summed E-state index contributed by atoms with van der Waals surface area (Å²) in [6.07, 6.45) is 1.01. The highest BCUT2D eigenvalue weighted by Crippen LogP contribution is 2.29. The third kappa shape index (κ3) is 3.79. The molecule has 0 bridgehead atoms. The second kappa shape index (κ2) is 7.18. The molecule has 0 aliphatic carbocycles. The molecule has 0 atom stereocenters. The van der Waals surface area contributed by atoms with E-state index in [1.807, 2.05) is 0 Å². The van der Waals surface area contributed by atoms with Crippen molar-refractivity contribution in [3.05, 3.63) is 53.6 Å². The van der Waals surface area contributed by atoms with Crippen LogP contribution in [0.15, 0.2) is 36.4 Å². The Balaban J connectivity index is 2.39. The molecular formula is C17H19F2NO. The summed E-state index contributed by atoms with van der Waals surface area (Å²) in [6.45, 7) is 3.51. The van der Waals surface area contributed by atoms with Crippen molar-refractivity contribution in [3.63, 3.8) is 0 Å². The quantitative estimate of drug-likeness (QED) is 0.808. The molecule has 0 spiro atoms. The first kappa shape index (κ1) is 15.4. The maximum atomic E-state index is 14.2. The van der Waals surface area contributed by atoms with Gasteiger partial charge < -0.3 is 10.1 Å². The molecule has 0 aromatic heterocycles. The van der Waals surface area contributed by atoms with E-state index in [1.165, 1.54) is 25.3 Å². The van der Waals surface area contributed by atoms with Gasteiger partial charge in [-0.25, -0.2) is 8.78 Å². The molecule has 4 heteroatoms. The van der Waals surface area contributed by atoms with Gasteiger partial charge in [-0.15, -0.1) is 0 Å². The maximum absolute atomic E-state index is 14.2. The molecule has 0 saturated carbocycles. The molecule has 0 fully saturated rings. The Morgan fingerprint density at radius 2 is 1.86 bits per heavy atom. The minimum Gasteiger partial charge on any atom is -0.497 e. The van der Waals surface area contributed by atoms with E-state index < -0.39 is 5.82 Å². The van der Waals surface area contributed by atoms with Gasteiger partial charge in [-0.2, -0.15) is 0 Å². The molecule has 21 heavy (non-hydrogen) atoms. The lowest BCUT2D eigenvalue weighted by molar-refractivity contribution is 0.411. The van der Waals surface area contributed by atoms with E-state index in [9.17, 15) is 8.78 Å². The zero-order valence-corrected chi connectivity index (χ0v) is 12.2. The second-order valence-electron chi connectivity index (χ2n) is 4.82. The first-order valence-corrected chi connectivity index (χ1v) is 6.98. The molecule has 112 valence electrons. The van der Waals surface area contributed by atoms with Gasteiger partial charge in [0.2, 0.25) is 0 Å². The van der Waals surface area contributed by atoms with Crippen molar-refractivity contribution in [1.82, 2.24) is 5.32 Å². The predicted octanol–water partition coefficient (Wildman–Crippen LogP) is 4.14. The summed E-state index contributed by atoms with van der Waals surface area (Å²) in [5.74, 6) is -0.352. The standard InChI is InChI=1S/C17H19F2NO/c1-3-8-20-11-12-4-5-13(18)9-16(12)15-7-6-14(21-2)10-17(15)19/h4-7,9-10,20H,3,8,11H2,1-2H3. The largest absolute Gasteiger partial charge is 0.497 e. The summed E-state index contributed by atoms with van der Waals surface area (Å²) >= 11 is 0. The Morgan fingerprint density at radius 1 is 1.05 bits per heavy atom. The van der Waals surface area contributed by atoms with Crippen molar-refractivity contribution in [2.24, 2.45) is 0 Å². The predicted molar refractivity (Wildman–Crippen MR) is 80.3 cm³/mol. The maximum Gasteiger partial charge on any atom is 0.134 e. The fraction of sp³-hybridized carbons (Fsp3) is 0.294. The van der Waals surface area contributed by atoms with Gasteiger partial charge in [0.1, 0.15) is 17.4 Å². The number of benzene rings is 2. The van der Waals surface area contributed by atoms with Crippen LogP contribution < -0.4 is 10.1 Å². The molecule has 2 rings (SSSR count). The van der Waals surface area contributed by atoms with E-state index in [-0.39, 0.29) is 5.82 Å². The Bertz CT molecular complexity index is 614. The topological polar surface area (TPSA) is 21.3 Å². The fourth-order valence-corrected chi connectivity index (χ4v) is 2.19. The molecule has 0 radical (unpaired) electrons. The molecular weight excluding hydrogens is 272 g/mol. The zero-order valence-electron chi connectivity index (χ0n) is 12.2. The number of ether oxygens (including phenoxy) is 1. The van der Waals surface area contributed by atoms with Gasteiger partial charge in [0.15, 0.2) is 0 Å². The molecule has 2 aromatic rings. The molecule has 0 unspecified atom stereocenters. The van der Waals surface area contributed by atoms with Crippen LogP contribution in [0.5, 0.6) is 5.75 Å². The summed E-state index contributed by atoms with van der Waals surface area (Å²) in [5, 5.41) is 3.25. The highest BCUT2D eigenvalue weighted by molar-refractivity contribution is 5.68. The number of halogens is 2. The third-order valence-electron chi connectivity index (χ3n) is 3.28. The summed E-state index contributed by atoms with van der Waals surface area (Å²) < 4.78 is 32.7. The van der Waals surface area contributed by atoms with Gasteiger partial charge in [0, 0.05) is 18.2 Å². The lowest BCUT2D eigenvalue weighted by Crippen LogP contribution is -2.14. The average Bonchev–Trinajstić information content (AvgIpc) is 2.49. The van der Waals surface area contributed by atoms with Gasteiger partial charge in [-0.3, -0.25) is 0 Å². The first-order chi connectivity index (χ1) is 10.2. The van der Waals surface area contributed by atoms with Crippen LogP contribution in [-0.4, -0.2) is 13.7 Å². The van der Waals surface area contributed by atoms with Crippen molar-refractivity contribution < 1.29 is 13.5 Å². The lowest BCUT2D eigenvalue weighted by Gasteiger charge is -2.12. The number of hydrogen-bond donors (Lipinski definition) is 1. The van der Waals surface area contributed by atoms with Crippen molar-refractivity contribution in [2.45, 2.75) is 19.9 Å². The number of methoxy groups -OCH3 is 1. The lowest BCUT2D eigenvalue weighted by atomic mass is 9.98. The zero-order chi connectivity index (χ0) is 15.2. The average molecular weight is 291 g/mol. The van der Waals surface area contributed by atoms with Crippen LogP contribution in [0.1, 0.15) is 18.9 Å². The Morgan fingerprint density at radius 3 is 2.52 bits per heavy atom. The molecule has 2 aromatic carbocycles. The van der Waals surface area contributed by atoms with Crippen molar-refractivity contribution in [3.8, 4) is 16.9 Å². The monoisotopic (exact) mass is 291 g/mol. The van der Waals surface area contributed by atoms with Gasteiger partial charge in [-0.1, -0.05) is 13.0 Å². The van der Waals surface area contributed by atoms with Crippen LogP contribution in [0.4, 0.5) is 8.78 Å². The summed E-state index contributed by atoms with van der Waals surface area (Å²) in [6, 6.07) is 9.06. The normalized spacial score (nSPS) is 10.7. The van der Waals surface area contributed by atoms with Crippen LogP contribution in [-0.2, 0) is 6.54 Å². The molecule has 0 aliphatic heterocycles. The molecule has 1 N–H and O–H groups in total. The highest BCUT2D eigenvalue weighted by atomic mass is 19.1. The second-order valence-corrected chi connectivity index (χ2v) is 4.82. The number of rotatable bonds is 6. The van der Waals surface area contributed by atoms with E-state index in [4.69, 9.17) is 4.74 Å². The molecule has 0 amide bonds. The SMILES string of the molecule is CCCNCc1ccc(F)cc1-c1ccc(OC)cc1F. The van der Waals surface area contributed by atoms with E-state index in [0.717, 1.165) is 18.5 Å². The van der Waals surface area contributed by atoms with E-state index in [1.54, 1.807) is 18.2 Å². The van der Waals surface area contributed by atoms with E-state index in [0.29, 0.717) is 23.4 Å². The van der Waals surface area contributed by atoms with E-state index in [2.05, 4.69) is 12.2 Å². The van der Waals surface area contributed by atoms with Crippen LogP contribution >= 0.6 is 0 Å². The smallest absolute Gasteiger partial charge is 0.134 e. The Hall–Kier alpha value is -1.94. The molecule has 2 nitrogen and oxygen atoms in total. The van der Waals surface area contributed by atoms with Gasteiger partial charge in [-0.05, 0) is 48.4 Å². The van der Waals surface area contributed by atoms with Gasteiger partial charge in [0.25, 0.3) is 0 Å². The summed E-state index contributed by atoms with van der Waals surface area (Å²) in [4.78, 5) is 0. The first-order valence-electron chi connectivity index (χ1n) is 6.98. The van der Waals surface area contributed by atoms with Crippen LogP contribution in [0, 0.1) is 11.6 Å². The van der Waals surface area contributed by atoms with E-state index >= 15 is 0 Å². The number of hydrogen-bond acceptors (Lipinski definition) is 2. The minimum absolute atomic E-state index is 0.376. The third-order valence-corrected chi connectivity index (χ3v) is 3.28. The molecule has 0 heterocycles. The van der Waals surface area contributed by atoms with Crippen molar-refractivity contribution >= 4 is 0 Å².